The lowest BCUT2D eigenvalue weighted by atomic mass is 9.87. The van der Waals surface area contributed by atoms with E-state index in [9.17, 15) is 9.59 Å². The lowest BCUT2D eigenvalue weighted by Crippen LogP contribution is -2.31. The molecule has 2 aromatic rings. The highest BCUT2D eigenvalue weighted by Gasteiger charge is 2.17. The number of carbonyl (C=O) groups is 2. The van der Waals surface area contributed by atoms with E-state index >= 15 is 0 Å². The minimum atomic E-state index is -0.518. The number of benzene rings is 2. The van der Waals surface area contributed by atoms with Gasteiger partial charge < -0.3 is 14.8 Å². The molecule has 144 valence electrons. The van der Waals surface area contributed by atoms with Crippen LogP contribution >= 0.6 is 0 Å². The first-order chi connectivity index (χ1) is 12.7. The number of amides is 1. The molecule has 0 heterocycles. The van der Waals surface area contributed by atoms with Gasteiger partial charge in [-0.3, -0.25) is 4.79 Å². The summed E-state index contributed by atoms with van der Waals surface area (Å²) in [5.41, 5.74) is 2.42. The maximum Gasteiger partial charge on any atom is 0.338 e. The maximum atomic E-state index is 12.1. The lowest BCUT2D eigenvalue weighted by molar-refractivity contribution is -0.124. The first-order valence-corrected chi connectivity index (χ1v) is 8.92. The summed E-state index contributed by atoms with van der Waals surface area (Å²) in [6, 6.07) is 14.4. The maximum absolute atomic E-state index is 12.1. The quantitative estimate of drug-likeness (QED) is 0.781. The molecule has 1 N–H and O–H groups in total. The zero-order chi connectivity index (χ0) is 20.0. The number of rotatable bonds is 6. The van der Waals surface area contributed by atoms with Crippen molar-refractivity contribution in [1.29, 1.82) is 0 Å². The largest absolute Gasteiger partial charge is 0.496 e. The van der Waals surface area contributed by atoms with Crippen LogP contribution in [0.3, 0.4) is 0 Å². The topological polar surface area (TPSA) is 64.6 Å². The number of ether oxygens (including phenoxy) is 2. The third kappa shape index (κ3) is 5.58. The Morgan fingerprint density at radius 1 is 1.04 bits per heavy atom. The zero-order valence-corrected chi connectivity index (χ0v) is 16.5. The minimum absolute atomic E-state index is 0.0109. The molecule has 2 rings (SSSR count). The van der Waals surface area contributed by atoms with Crippen molar-refractivity contribution in [1.82, 2.24) is 5.32 Å². The van der Waals surface area contributed by atoms with E-state index in [4.69, 9.17) is 9.47 Å². The van der Waals surface area contributed by atoms with Crippen LogP contribution in [0.4, 0.5) is 0 Å². The molecule has 5 nitrogen and oxygen atoms in total. The van der Waals surface area contributed by atoms with Gasteiger partial charge in [0, 0.05) is 5.56 Å². The highest BCUT2D eigenvalue weighted by Crippen LogP contribution is 2.24. The molecular formula is C22H27NO4. The van der Waals surface area contributed by atoms with Crippen LogP contribution < -0.4 is 10.1 Å². The summed E-state index contributed by atoms with van der Waals surface area (Å²) in [6.45, 7) is 7.83. The van der Waals surface area contributed by atoms with Crippen molar-refractivity contribution in [2.24, 2.45) is 0 Å². The molecule has 0 bridgehead atoms. The third-order valence-electron chi connectivity index (χ3n) is 4.30. The fourth-order valence-electron chi connectivity index (χ4n) is 2.71. The van der Waals surface area contributed by atoms with E-state index in [0.717, 1.165) is 11.1 Å². The Morgan fingerprint density at radius 3 is 2.26 bits per heavy atom. The van der Waals surface area contributed by atoms with E-state index in [1.165, 1.54) is 0 Å². The Kier molecular flexibility index (Phi) is 6.61. The van der Waals surface area contributed by atoms with Gasteiger partial charge in [0.05, 0.1) is 18.7 Å². The molecular weight excluding hydrogens is 342 g/mol. The Labute approximate surface area is 160 Å². The molecule has 0 radical (unpaired) electrons. The SMILES string of the molecule is COc1ccccc1C(C)NC(=O)COC(=O)c1ccc(C(C)(C)C)cc1. The van der Waals surface area contributed by atoms with Crippen LogP contribution in [0.25, 0.3) is 0 Å². The first kappa shape index (κ1) is 20.5. The second kappa shape index (κ2) is 8.71. The van der Waals surface area contributed by atoms with Crippen LogP contribution in [-0.4, -0.2) is 25.6 Å². The lowest BCUT2D eigenvalue weighted by Gasteiger charge is -2.19. The Bertz CT molecular complexity index is 791. The van der Waals surface area contributed by atoms with Crippen molar-refractivity contribution in [3.05, 3.63) is 65.2 Å². The molecule has 0 saturated carbocycles. The second-order valence-corrected chi connectivity index (χ2v) is 7.43. The Balaban J connectivity index is 1.90. The van der Waals surface area contributed by atoms with E-state index in [-0.39, 0.29) is 24.0 Å². The van der Waals surface area contributed by atoms with Gasteiger partial charge in [-0.1, -0.05) is 51.1 Å². The average Bonchev–Trinajstić information content (AvgIpc) is 2.65. The van der Waals surface area contributed by atoms with Crippen LogP contribution in [0.5, 0.6) is 5.75 Å². The van der Waals surface area contributed by atoms with Crippen molar-refractivity contribution in [2.45, 2.75) is 39.2 Å². The fraction of sp³-hybridized carbons (Fsp3) is 0.364. The molecule has 5 heteroatoms. The van der Waals surface area contributed by atoms with Gasteiger partial charge in [0.15, 0.2) is 6.61 Å². The molecule has 27 heavy (non-hydrogen) atoms. The molecule has 0 aliphatic carbocycles. The number of esters is 1. The molecule has 1 unspecified atom stereocenters. The van der Waals surface area contributed by atoms with Gasteiger partial charge in [-0.05, 0) is 36.1 Å². The van der Waals surface area contributed by atoms with Crippen LogP contribution in [-0.2, 0) is 14.9 Å². The number of methoxy groups -OCH3 is 1. The summed E-state index contributed by atoms with van der Waals surface area (Å²) in [4.78, 5) is 24.3. The summed E-state index contributed by atoms with van der Waals surface area (Å²) in [5, 5.41) is 2.81. The average molecular weight is 369 g/mol. The zero-order valence-electron chi connectivity index (χ0n) is 16.5. The standard InChI is InChI=1S/C22H27NO4/c1-15(18-8-6-7-9-19(18)26-5)23-20(24)14-27-21(25)16-10-12-17(13-11-16)22(2,3)4/h6-13,15H,14H2,1-5H3,(H,23,24). The molecule has 1 atom stereocenters. The number of hydrogen-bond donors (Lipinski definition) is 1. The summed E-state index contributed by atoms with van der Waals surface area (Å²) in [7, 11) is 1.58. The van der Waals surface area contributed by atoms with Gasteiger partial charge in [0.1, 0.15) is 5.75 Å². The van der Waals surface area contributed by atoms with E-state index < -0.39 is 5.97 Å². The Hall–Kier alpha value is -2.82. The van der Waals surface area contributed by atoms with E-state index in [0.29, 0.717) is 11.3 Å². The number of carbonyl (C=O) groups excluding carboxylic acids is 2. The Morgan fingerprint density at radius 2 is 1.67 bits per heavy atom. The van der Waals surface area contributed by atoms with E-state index in [1.54, 1.807) is 19.2 Å². The van der Waals surface area contributed by atoms with Crippen LogP contribution in [0.15, 0.2) is 48.5 Å². The van der Waals surface area contributed by atoms with E-state index in [1.807, 2.05) is 43.3 Å². The monoisotopic (exact) mass is 369 g/mol. The number of hydrogen-bond acceptors (Lipinski definition) is 4. The van der Waals surface area contributed by atoms with Crippen LogP contribution in [0.2, 0.25) is 0 Å². The molecule has 0 aliphatic heterocycles. The van der Waals surface area contributed by atoms with Gasteiger partial charge in [0.25, 0.3) is 5.91 Å². The third-order valence-corrected chi connectivity index (χ3v) is 4.30. The summed E-state index contributed by atoms with van der Waals surface area (Å²) >= 11 is 0. The summed E-state index contributed by atoms with van der Waals surface area (Å²) in [5.74, 6) is -0.190. The van der Waals surface area contributed by atoms with Crippen LogP contribution in [0, 0.1) is 0 Å². The second-order valence-electron chi connectivity index (χ2n) is 7.43. The molecule has 0 saturated heterocycles. The fourth-order valence-corrected chi connectivity index (χ4v) is 2.71. The smallest absolute Gasteiger partial charge is 0.338 e. The van der Waals surface area contributed by atoms with Gasteiger partial charge >= 0.3 is 5.97 Å². The van der Waals surface area contributed by atoms with E-state index in [2.05, 4.69) is 26.1 Å². The molecule has 0 fully saturated rings. The number of nitrogens with one attached hydrogen (secondary N) is 1. The van der Waals surface area contributed by atoms with Gasteiger partial charge in [-0.25, -0.2) is 4.79 Å². The number of para-hydroxylation sites is 1. The molecule has 0 aliphatic rings. The molecule has 1 amide bonds. The predicted octanol–water partition coefficient (Wildman–Crippen LogP) is 4.03. The highest BCUT2D eigenvalue weighted by atomic mass is 16.5. The molecule has 0 aromatic heterocycles. The first-order valence-electron chi connectivity index (χ1n) is 8.92. The molecule has 0 spiro atoms. The van der Waals surface area contributed by atoms with Crippen molar-refractivity contribution in [2.75, 3.05) is 13.7 Å². The van der Waals surface area contributed by atoms with Crippen molar-refractivity contribution in [3.63, 3.8) is 0 Å². The van der Waals surface area contributed by atoms with Crippen molar-refractivity contribution >= 4 is 11.9 Å². The van der Waals surface area contributed by atoms with Crippen molar-refractivity contribution in [3.8, 4) is 5.75 Å². The summed E-state index contributed by atoms with van der Waals surface area (Å²) in [6.07, 6.45) is 0. The predicted molar refractivity (Wildman–Crippen MR) is 105 cm³/mol. The highest BCUT2D eigenvalue weighted by molar-refractivity contribution is 5.91. The summed E-state index contributed by atoms with van der Waals surface area (Å²) < 4.78 is 10.4. The normalized spacial score (nSPS) is 12.2. The van der Waals surface area contributed by atoms with Gasteiger partial charge in [-0.2, -0.15) is 0 Å². The van der Waals surface area contributed by atoms with Crippen LogP contribution in [0.1, 0.15) is 55.2 Å². The van der Waals surface area contributed by atoms with Gasteiger partial charge in [0.2, 0.25) is 0 Å². The minimum Gasteiger partial charge on any atom is -0.496 e. The molecule has 2 aromatic carbocycles. The van der Waals surface area contributed by atoms with Crippen molar-refractivity contribution < 1.29 is 19.1 Å². The van der Waals surface area contributed by atoms with Gasteiger partial charge in [-0.15, -0.1) is 0 Å².